The number of hydrogen-bond acceptors (Lipinski definition) is 2. The van der Waals surface area contributed by atoms with Gasteiger partial charge in [0, 0.05) is 23.1 Å². The van der Waals surface area contributed by atoms with Crippen molar-refractivity contribution in [2.24, 2.45) is 5.73 Å². The molecule has 0 saturated carbocycles. The third kappa shape index (κ3) is 2.13. The summed E-state index contributed by atoms with van der Waals surface area (Å²) >= 11 is 0. The number of rotatable bonds is 3. The Morgan fingerprint density at radius 2 is 2.13 bits per heavy atom. The van der Waals surface area contributed by atoms with Gasteiger partial charge in [-0.1, -0.05) is 0 Å². The van der Waals surface area contributed by atoms with Gasteiger partial charge >= 0.3 is 0 Å². The van der Waals surface area contributed by atoms with Crippen LogP contribution in [0, 0.1) is 0 Å². The molecule has 0 aliphatic heterocycles. The van der Waals surface area contributed by atoms with Gasteiger partial charge in [0.05, 0.1) is 6.10 Å². The molecule has 3 N–H and O–H groups in total. The van der Waals surface area contributed by atoms with Crippen molar-refractivity contribution in [2.45, 2.75) is 26.5 Å². The van der Waals surface area contributed by atoms with Crippen LogP contribution < -0.4 is 10.5 Å². The molecular formula is C12H16N2O. The summed E-state index contributed by atoms with van der Waals surface area (Å²) in [5.74, 6) is 0.903. The Kier molecular flexibility index (Phi) is 2.64. The molecule has 0 radical (unpaired) electrons. The molecule has 0 bridgehead atoms. The summed E-state index contributed by atoms with van der Waals surface area (Å²) in [4.78, 5) is 3.25. The fourth-order valence-corrected chi connectivity index (χ4v) is 1.63. The first-order valence-electron chi connectivity index (χ1n) is 5.17. The van der Waals surface area contributed by atoms with Crippen LogP contribution in [0.25, 0.3) is 10.9 Å². The minimum Gasteiger partial charge on any atom is -0.491 e. The van der Waals surface area contributed by atoms with Crippen molar-refractivity contribution in [3.05, 3.63) is 30.0 Å². The molecule has 0 saturated heterocycles. The summed E-state index contributed by atoms with van der Waals surface area (Å²) < 4.78 is 5.62. The highest BCUT2D eigenvalue weighted by Gasteiger charge is 2.02. The van der Waals surface area contributed by atoms with Gasteiger partial charge < -0.3 is 15.5 Å². The van der Waals surface area contributed by atoms with E-state index in [0.717, 1.165) is 22.3 Å². The number of H-pyrrole nitrogens is 1. The zero-order chi connectivity index (χ0) is 10.8. The van der Waals surface area contributed by atoms with Gasteiger partial charge in [0.1, 0.15) is 5.75 Å². The molecule has 0 unspecified atom stereocenters. The fourth-order valence-electron chi connectivity index (χ4n) is 1.63. The van der Waals surface area contributed by atoms with Gasteiger partial charge in [-0.05, 0) is 38.1 Å². The molecule has 0 fully saturated rings. The highest BCUT2D eigenvalue weighted by Crippen LogP contribution is 2.22. The quantitative estimate of drug-likeness (QED) is 0.806. The third-order valence-electron chi connectivity index (χ3n) is 2.24. The highest BCUT2D eigenvalue weighted by molar-refractivity contribution is 5.81. The average molecular weight is 204 g/mol. The number of nitrogens with two attached hydrogens (primary N) is 1. The number of aromatic amines is 1. The smallest absolute Gasteiger partial charge is 0.120 e. The first kappa shape index (κ1) is 10.1. The van der Waals surface area contributed by atoms with Gasteiger partial charge in [-0.15, -0.1) is 0 Å². The minimum atomic E-state index is 0.204. The second kappa shape index (κ2) is 3.95. The van der Waals surface area contributed by atoms with Gasteiger partial charge in [-0.3, -0.25) is 0 Å². The molecule has 1 aromatic heterocycles. The second-order valence-electron chi connectivity index (χ2n) is 3.91. The van der Waals surface area contributed by atoms with Crippen LogP contribution in [0.15, 0.2) is 24.3 Å². The number of ether oxygens (including phenoxy) is 1. The first-order valence-corrected chi connectivity index (χ1v) is 5.17. The summed E-state index contributed by atoms with van der Waals surface area (Å²) in [5, 5.41) is 1.15. The molecule has 3 nitrogen and oxygen atoms in total. The van der Waals surface area contributed by atoms with Crippen molar-refractivity contribution in [3.63, 3.8) is 0 Å². The van der Waals surface area contributed by atoms with Crippen LogP contribution in [-0.4, -0.2) is 11.1 Å². The molecule has 0 atom stereocenters. The molecule has 2 rings (SSSR count). The SMILES string of the molecule is CC(C)Oc1ccc2[nH]c(CN)cc2c1. The Bertz CT molecular complexity index is 460. The Morgan fingerprint density at radius 3 is 2.80 bits per heavy atom. The monoisotopic (exact) mass is 204 g/mol. The molecule has 2 aromatic rings. The van der Waals surface area contributed by atoms with Crippen LogP contribution in [0.3, 0.4) is 0 Å². The molecule has 1 aromatic carbocycles. The number of aromatic nitrogens is 1. The number of hydrogen-bond donors (Lipinski definition) is 2. The fraction of sp³-hybridized carbons (Fsp3) is 0.333. The molecule has 15 heavy (non-hydrogen) atoms. The Hall–Kier alpha value is -1.48. The van der Waals surface area contributed by atoms with E-state index in [0.29, 0.717) is 6.54 Å². The number of nitrogens with one attached hydrogen (secondary N) is 1. The van der Waals surface area contributed by atoms with E-state index in [9.17, 15) is 0 Å². The molecule has 0 spiro atoms. The van der Waals surface area contributed by atoms with E-state index in [4.69, 9.17) is 10.5 Å². The molecule has 0 amide bonds. The summed E-state index contributed by atoms with van der Waals surface area (Å²) in [6.07, 6.45) is 0.204. The van der Waals surface area contributed by atoms with Gasteiger partial charge in [0.15, 0.2) is 0 Å². The molecule has 0 aliphatic rings. The molecule has 80 valence electrons. The maximum Gasteiger partial charge on any atom is 0.120 e. The number of benzene rings is 1. The standard InChI is InChI=1S/C12H16N2O/c1-8(2)15-11-3-4-12-9(6-11)5-10(7-13)14-12/h3-6,8,14H,7,13H2,1-2H3. The zero-order valence-corrected chi connectivity index (χ0v) is 9.08. The van der Waals surface area contributed by atoms with Crippen LogP contribution in [0.4, 0.5) is 0 Å². The largest absolute Gasteiger partial charge is 0.491 e. The van der Waals surface area contributed by atoms with Crippen LogP contribution in [-0.2, 0) is 6.54 Å². The van der Waals surface area contributed by atoms with Crippen molar-refractivity contribution < 1.29 is 4.74 Å². The number of fused-ring (bicyclic) bond motifs is 1. The van der Waals surface area contributed by atoms with E-state index < -0.39 is 0 Å². The van der Waals surface area contributed by atoms with Crippen LogP contribution >= 0.6 is 0 Å². The van der Waals surface area contributed by atoms with E-state index in [1.54, 1.807) is 0 Å². The van der Waals surface area contributed by atoms with Gasteiger partial charge in [0.25, 0.3) is 0 Å². The lowest BCUT2D eigenvalue weighted by Crippen LogP contribution is -2.04. The topological polar surface area (TPSA) is 51.0 Å². The highest BCUT2D eigenvalue weighted by atomic mass is 16.5. The van der Waals surface area contributed by atoms with Crippen LogP contribution in [0.2, 0.25) is 0 Å². The lowest BCUT2D eigenvalue weighted by molar-refractivity contribution is 0.243. The summed E-state index contributed by atoms with van der Waals surface area (Å²) in [6, 6.07) is 8.08. The van der Waals surface area contributed by atoms with E-state index >= 15 is 0 Å². The maximum absolute atomic E-state index is 5.62. The van der Waals surface area contributed by atoms with Crippen molar-refractivity contribution in [3.8, 4) is 5.75 Å². The normalized spacial score (nSPS) is 11.2. The Balaban J connectivity index is 2.37. The maximum atomic E-state index is 5.62. The average Bonchev–Trinajstić information content (AvgIpc) is 2.58. The van der Waals surface area contributed by atoms with E-state index in [1.807, 2.05) is 32.0 Å². The summed E-state index contributed by atoms with van der Waals surface area (Å²) in [7, 11) is 0. The third-order valence-corrected chi connectivity index (χ3v) is 2.24. The minimum absolute atomic E-state index is 0.204. The van der Waals surface area contributed by atoms with Crippen molar-refractivity contribution >= 4 is 10.9 Å². The van der Waals surface area contributed by atoms with E-state index in [-0.39, 0.29) is 6.10 Å². The van der Waals surface area contributed by atoms with Crippen molar-refractivity contribution in [2.75, 3.05) is 0 Å². The lowest BCUT2D eigenvalue weighted by atomic mass is 10.2. The van der Waals surface area contributed by atoms with E-state index in [1.165, 1.54) is 0 Å². The molecule has 0 aliphatic carbocycles. The van der Waals surface area contributed by atoms with Crippen LogP contribution in [0.5, 0.6) is 5.75 Å². The van der Waals surface area contributed by atoms with Gasteiger partial charge in [-0.2, -0.15) is 0 Å². The summed E-state index contributed by atoms with van der Waals surface area (Å²) in [5.41, 5.74) is 7.72. The zero-order valence-electron chi connectivity index (χ0n) is 9.08. The van der Waals surface area contributed by atoms with E-state index in [2.05, 4.69) is 11.1 Å². The predicted molar refractivity (Wildman–Crippen MR) is 62.0 cm³/mol. The second-order valence-corrected chi connectivity index (χ2v) is 3.91. The van der Waals surface area contributed by atoms with Gasteiger partial charge in [-0.25, -0.2) is 0 Å². The molecule has 1 heterocycles. The van der Waals surface area contributed by atoms with Gasteiger partial charge in [0.2, 0.25) is 0 Å². The summed E-state index contributed by atoms with van der Waals surface area (Å²) in [6.45, 7) is 4.58. The Morgan fingerprint density at radius 1 is 1.33 bits per heavy atom. The van der Waals surface area contributed by atoms with Crippen LogP contribution in [0.1, 0.15) is 19.5 Å². The lowest BCUT2D eigenvalue weighted by Gasteiger charge is -2.08. The van der Waals surface area contributed by atoms with Crippen molar-refractivity contribution in [1.82, 2.24) is 4.98 Å². The molecular weight excluding hydrogens is 188 g/mol. The first-order chi connectivity index (χ1) is 7.19. The Labute approximate surface area is 89.2 Å². The molecule has 3 heteroatoms. The van der Waals surface area contributed by atoms with Crippen molar-refractivity contribution in [1.29, 1.82) is 0 Å². The predicted octanol–water partition coefficient (Wildman–Crippen LogP) is 2.41.